The first kappa shape index (κ1) is 13.8. The van der Waals surface area contributed by atoms with Crippen LogP contribution < -0.4 is 0 Å². The monoisotopic (exact) mass is 234 g/mol. The van der Waals surface area contributed by atoms with E-state index in [2.05, 4.69) is 0 Å². The molecular formula is C10H18O2S2. The van der Waals surface area contributed by atoms with Gasteiger partial charge in [-0.15, -0.1) is 0 Å². The van der Waals surface area contributed by atoms with E-state index in [4.69, 9.17) is 0 Å². The third-order valence-corrected chi connectivity index (χ3v) is 3.83. The number of hydrogen-bond donors (Lipinski definition) is 0. The zero-order chi connectivity index (χ0) is 11.6. The van der Waals surface area contributed by atoms with E-state index >= 15 is 0 Å². The molecule has 0 N–H and O–H groups in total. The molecule has 0 amide bonds. The van der Waals surface area contributed by atoms with Crippen molar-refractivity contribution in [1.82, 2.24) is 0 Å². The zero-order valence-corrected chi connectivity index (χ0v) is 11.3. The molecule has 0 radical (unpaired) electrons. The van der Waals surface area contributed by atoms with Gasteiger partial charge in [-0.2, -0.15) is 0 Å². The van der Waals surface area contributed by atoms with E-state index in [1.54, 1.807) is 0 Å². The van der Waals surface area contributed by atoms with Crippen LogP contribution in [0.3, 0.4) is 0 Å². The number of rotatable bonds is 1. The molecule has 4 heteroatoms. The third kappa shape index (κ3) is 3.50. The summed E-state index contributed by atoms with van der Waals surface area (Å²) < 4.78 is 22.1. The van der Waals surface area contributed by atoms with Crippen LogP contribution in [0.4, 0.5) is 0 Å². The second-order valence-corrected chi connectivity index (χ2v) is 6.47. The highest BCUT2D eigenvalue weighted by Gasteiger charge is 2.30. The maximum Gasteiger partial charge on any atom is 0.0938 e. The highest BCUT2D eigenvalue weighted by molar-refractivity contribution is 7.76. The van der Waals surface area contributed by atoms with Gasteiger partial charge in [0.1, 0.15) is 0 Å². The van der Waals surface area contributed by atoms with Gasteiger partial charge in [0.05, 0.1) is 32.2 Å². The van der Waals surface area contributed by atoms with Gasteiger partial charge in [-0.05, 0) is 0 Å². The van der Waals surface area contributed by atoms with Gasteiger partial charge in [0.15, 0.2) is 0 Å². The summed E-state index contributed by atoms with van der Waals surface area (Å²) >= 11 is 0.890. The molecule has 0 aliphatic rings. The lowest BCUT2D eigenvalue weighted by Gasteiger charge is -2.27. The van der Waals surface area contributed by atoms with Gasteiger partial charge in [0, 0.05) is 10.8 Å². The molecule has 0 aromatic heterocycles. The van der Waals surface area contributed by atoms with Crippen molar-refractivity contribution in [3.05, 3.63) is 0 Å². The van der Waals surface area contributed by atoms with Gasteiger partial charge >= 0.3 is 0 Å². The van der Waals surface area contributed by atoms with Crippen LogP contribution >= 0.6 is 0 Å². The average molecular weight is 234 g/mol. The molecule has 0 atom stereocenters. The fraction of sp³-hybridized carbons (Fsp3) is 0.800. The highest BCUT2D eigenvalue weighted by Crippen LogP contribution is 2.24. The van der Waals surface area contributed by atoms with Crippen LogP contribution in [0.15, 0.2) is 0 Å². The lowest BCUT2D eigenvalue weighted by atomic mass is 9.81. The standard InChI is InChI=1S/C10H18O2S2/c1-9(2,3)7(13-11)8(14-12)10(4,5)6/h1-6H3. The van der Waals surface area contributed by atoms with Crippen LogP contribution in [0.2, 0.25) is 0 Å². The Labute approximate surface area is 93.2 Å². The van der Waals surface area contributed by atoms with E-state index in [0.29, 0.717) is 32.2 Å². The molecule has 0 aliphatic heterocycles. The summed E-state index contributed by atoms with van der Waals surface area (Å²) in [5.41, 5.74) is -0.487. The summed E-state index contributed by atoms with van der Waals surface area (Å²) in [4.78, 5) is 1.31. The fourth-order valence-electron chi connectivity index (χ4n) is 1.01. The van der Waals surface area contributed by atoms with E-state index in [0.717, 1.165) is 0 Å². The maximum atomic E-state index is 11.0. The van der Waals surface area contributed by atoms with Crippen molar-refractivity contribution in [2.24, 2.45) is 10.8 Å². The van der Waals surface area contributed by atoms with Crippen molar-refractivity contribution >= 4 is 32.2 Å². The summed E-state index contributed by atoms with van der Waals surface area (Å²) in [5.74, 6) is 0. The zero-order valence-electron chi connectivity index (χ0n) is 9.63. The van der Waals surface area contributed by atoms with Gasteiger partial charge in [-0.3, -0.25) is 0 Å². The summed E-state index contributed by atoms with van der Waals surface area (Å²) in [6, 6.07) is 0. The van der Waals surface area contributed by atoms with Crippen LogP contribution in [0.25, 0.3) is 0 Å². The number of hydrogen-bond acceptors (Lipinski definition) is 2. The first-order chi connectivity index (χ1) is 6.14. The molecule has 0 spiro atoms. The van der Waals surface area contributed by atoms with E-state index in [1.165, 1.54) is 0 Å². The van der Waals surface area contributed by atoms with Crippen molar-refractivity contribution < 1.29 is 8.42 Å². The van der Waals surface area contributed by atoms with Crippen molar-refractivity contribution in [1.29, 1.82) is 0 Å². The average Bonchev–Trinajstić information content (AvgIpc) is 1.94. The molecule has 0 fully saturated rings. The van der Waals surface area contributed by atoms with Crippen molar-refractivity contribution in [2.45, 2.75) is 41.5 Å². The third-order valence-electron chi connectivity index (χ3n) is 1.74. The molecule has 0 unspecified atom stereocenters. The molecule has 0 saturated heterocycles. The Morgan fingerprint density at radius 1 is 0.714 bits per heavy atom. The summed E-state index contributed by atoms with van der Waals surface area (Å²) in [6.45, 7) is 11.7. The molecule has 0 aromatic carbocycles. The molecule has 14 heavy (non-hydrogen) atoms. The van der Waals surface area contributed by atoms with Crippen LogP contribution in [0, 0.1) is 10.8 Å². The second kappa shape index (κ2) is 4.53. The van der Waals surface area contributed by atoms with Gasteiger partial charge in [-0.25, -0.2) is 8.42 Å². The molecule has 82 valence electrons. The van der Waals surface area contributed by atoms with Crippen molar-refractivity contribution in [2.75, 3.05) is 0 Å². The Balaban J connectivity index is 5.51. The van der Waals surface area contributed by atoms with Crippen LogP contribution in [0.1, 0.15) is 41.5 Å². The predicted molar refractivity (Wildman–Crippen MR) is 65.2 cm³/mol. The van der Waals surface area contributed by atoms with E-state index < -0.39 is 0 Å². The minimum Gasteiger partial charge on any atom is -0.212 e. The molecule has 0 aromatic rings. The fourth-order valence-corrected chi connectivity index (χ4v) is 2.47. The van der Waals surface area contributed by atoms with Crippen molar-refractivity contribution in [3.8, 4) is 0 Å². The first-order valence-corrected chi connectivity index (χ1v) is 5.97. The highest BCUT2D eigenvalue weighted by atomic mass is 32.1. The minimum absolute atomic E-state index is 0.244. The molecule has 0 aliphatic carbocycles. The Morgan fingerprint density at radius 3 is 1.00 bits per heavy atom. The molecule has 2 nitrogen and oxygen atoms in total. The summed E-state index contributed by atoms with van der Waals surface area (Å²) in [6.07, 6.45) is 0. The van der Waals surface area contributed by atoms with Gasteiger partial charge in [0.25, 0.3) is 0 Å². The van der Waals surface area contributed by atoms with E-state index in [9.17, 15) is 8.42 Å². The topological polar surface area (TPSA) is 34.1 Å². The van der Waals surface area contributed by atoms with Gasteiger partial charge in [0.2, 0.25) is 0 Å². The Hall–Kier alpha value is -0.220. The molecule has 0 saturated carbocycles. The maximum absolute atomic E-state index is 11.0. The Kier molecular flexibility index (Phi) is 4.46. The largest absolute Gasteiger partial charge is 0.212 e. The normalized spacial score (nSPS) is 12.1. The predicted octanol–water partition coefficient (Wildman–Crippen LogP) is 1.85. The molecule has 0 heterocycles. The Bertz CT molecular complexity index is 285. The SMILES string of the molecule is CC(C)(C)C(=S=O)C(=S=O)C(C)(C)C. The van der Waals surface area contributed by atoms with E-state index in [-0.39, 0.29) is 10.8 Å². The molecule has 0 rings (SSSR count). The smallest absolute Gasteiger partial charge is 0.0938 e. The molecule has 0 bridgehead atoms. The summed E-state index contributed by atoms with van der Waals surface area (Å²) in [5, 5.41) is 0. The van der Waals surface area contributed by atoms with E-state index in [1.807, 2.05) is 41.5 Å². The van der Waals surface area contributed by atoms with Gasteiger partial charge < -0.3 is 0 Å². The van der Waals surface area contributed by atoms with Crippen LogP contribution in [-0.4, -0.2) is 18.1 Å². The molecular weight excluding hydrogens is 216 g/mol. The van der Waals surface area contributed by atoms with Gasteiger partial charge in [-0.1, -0.05) is 41.5 Å². The van der Waals surface area contributed by atoms with Crippen LogP contribution in [-0.2, 0) is 22.5 Å². The Morgan fingerprint density at radius 2 is 0.929 bits per heavy atom. The second-order valence-electron chi connectivity index (χ2n) is 5.32. The van der Waals surface area contributed by atoms with Crippen molar-refractivity contribution in [3.63, 3.8) is 0 Å². The summed E-state index contributed by atoms with van der Waals surface area (Å²) in [7, 11) is 0. The van der Waals surface area contributed by atoms with Crippen LogP contribution in [0.5, 0.6) is 0 Å². The lowest BCUT2D eigenvalue weighted by Crippen LogP contribution is -2.37. The lowest BCUT2D eigenvalue weighted by molar-refractivity contribution is 0.576. The first-order valence-electron chi connectivity index (χ1n) is 4.49. The quantitative estimate of drug-likeness (QED) is 0.649. The minimum atomic E-state index is -0.244.